The highest BCUT2D eigenvalue weighted by atomic mass is 15.1. The third kappa shape index (κ3) is 3.30. The van der Waals surface area contributed by atoms with Crippen LogP contribution in [-0.2, 0) is 0 Å². The first-order valence-corrected chi connectivity index (χ1v) is 17.1. The monoisotopic (exact) mass is 634 g/mol. The minimum atomic E-state index is 0.717. The zero-order valence-corrected chi connectivity index (χ0v) is 26.8. The molecule has 0 radical (unpaired) electrons. The Morgan fingerprint density at radius 3 is 1.90 bits per heavy atom. The zero-order valence-electron chi connectivity index (χ0n) is 26.8. The van der Waals surface area contributed by atoms with Gasteiger partial charge in [0.1, 0.15) is 5.82 Å². The number of hydrogen-bond acceptors (Lipinski definition) is 2. The number of benzene rings is 8. The predicted octanol–water partition coefficient (Wildman–Crippen LogP) is 11.9. The van der Waals surface area contributed by atoms with Crippen LogP contribution >= 0.6 is 0 Å². The van der Waals surface area contributed by atoms with E-state index >= 15 is 0 Å². The quantitative estimate of drug-likeness (QED) is 0.190. The van der Waals surface area contributed by atoms with Crippen molar-refractivity contribution in [3.63, 3.8) is 0 Å². The fraction of sp³-hybridized carbons (Fsp3) is 0. The lowest BCUT2D eigenvalue weighted by Crippen LogP contribution is -2.02. The highest BCUT2D eigenvalue weighted by molar-refractivity contribution is 6.37. The number of hydrogen-bond donors (Lipinski definition) is 0. The minimum Gasteiger partial charge on any atom is -0.308 e. The van der Waals surface area contributed by atoms with Gasteiger partial charge in [0.25, 0.3) is 0 Å². The second-order valence-electron chi connectivity index (χ2n) is 13.4. The fourth-order valence-corrected chi connectivity index (χ4v) is 8.70. The second-order valence-corrected chi connectivity index (χ2v) is 13.4. The molecule has 0 saturated carbocycles. The molecule has 4 heterocycles. The van der Waals surface area contributed by atoms with Crippen molar-refractivity contribution in [1.82, 2.24) is 18.9 Å². The molecule has 0 N–H and O–H groups in total. The molecule has 0 aliphatic rings. The van der Waals surface area contributed by atoms with Gasteiger partial charge in [-0.15, -0.1) is 0 Å². The Kier molecular flexibility index (Phi) is 4.94. The Balaban J connectivity index is 1.30. The molecule has 0 saturated heterocycles. The van der Waals surface area contributed by atoms with Gasteiger partial charge in [-0.2, -0.15) is 0 Å². The van der Waals surface area contributed by atoms with Crippen LogP contribution in [0.2, 0.25) is 0 Å². The van der Waals surface area contributed by atoms with Crippen LogP contribution in [0.5, 0.6) is 0 Å². The van der Waals surface area contributed by atoms with E-state index in [2.05, 4.69) is 167 Å². The first-order valence-electron chi connectivity index (χ1n) is 17.1. The van der Waals surface area contributed by atoms with Crippen LogP contribution in [-0.4, -0.2) is 18.9 Å². The molecule has 0 aliphatic carbocycles. The predicted molar refractivity (Wildman–Crippen MR) is 209 cm³/mol. The summed E-state index contributed by atoms with van der Waals surface area (Å²) < 4.78 is 4.88. The molecule has 0 spiro atoms. The van der Waals surface area contributed by atoms with Crippen molar-refractivity contribution in [2.45, 2.75) is 0 Å². The Morgan fingerprint density at radius 2 is 1.04 bits per heavy atom. The number of para-hydroxylation sites is 3. The molecular weight excluding hydrogens is 609 g/mol. The van der Waals surface area contributed by atoms with Gasteiger partial charge in [-0.1, -0.05) is 115 Å². The summed E-state index contributed by atoms with van der Waals surface area (Å²) in [7, 11) is 0. The number of fused-ring (bicyclic) bond motifs is 14. The third-order valence-corrected chi connectivity index (χ3v) is 10.8. The molecule has 50 heavy (non-hydrogen) atoms. The first-order chi connectivity index (χ1) is 24.8. The third-order valence-electron chi connectivity index (χ3n) is 10.8. The highest BCUT2D eigenvalue weighted by Gasteiger charge is 2.26. The summed E-state index contributed by atoms with van der Waals surface area (Å²) in [6.07, 6.45) is 0. The molecule has 12 aromatic rings. The minimum absolute atomic E-state index is 0.717. The molecule has 12 rings (SSSR count). The van der Waals surface area contributed by atoms with Crippen molar-refractivity contribution in [2.24, 2.45) is 0 Å². The van der Waals surface area contributed by atoms with Crippen LogP contribution in [0.4, 0.5) is 0 Å². The van der Waals surface area contributed by atoms with Gasteiger partial charge in [0.05, 0.1) is 33.1 Å². The summed E-state index contributed by atoms with van der Waals surface area (Å²) in [6.45, 7) is 0. The lowest BCUT2D eigenvalue weighted by Gasteiger charge is -2.13. The molecule has 0 bridgehead atoms. The van der Waals surface area contributed by atoms with Crippen LogP contribution in [0.25, 0.3) is 110 Å². The molecule has 8 aromatic carbocycles. The SMILES string of the molecule is c1ccc2cc(-c3nc(-n4c5ccccc5c5c6c7ccccc7n7c8ccc9ccccc9c8c(cc54)c67)c4ccccc4n3)ccc2c1. The van der Waals surface area contributed by atoms with E-state index in [-0.39, 0.29) is 0 Å². The van der Waals surface area contributed by atoms with Crippen molar-refractivity contribution in [2.75, 3.05) is 0 Å². The topological polar surface area (TPSA) is 35.1 Å². The summed E-state index contributed by atoms with van der Waals surface area (Å²) in [5.74, 6) is 1.60. The smallest absolute Gasteiger partial charge is 0.162 e. The van der Waals surface area contributed by atoms with Crippen molar-refractivity contribution in [3.05, 3.63) is 158 Å². The van der Waals surface area contributed by atoms with Gasteiger partial charge in [0.15, 0.2) is 5.82 Å². The molecule has 4 heteroatoms. The van der Waals surface area contributed by atoms with Gasteiger partial charge in [0, 0.05) is 43.3 Å². The average Bonchev–Trinajstić information content (AvgIpc) is 3.82. The van der Waals surface area contributed by atoms with E-state index in [0.717, 1.165) is 33.3 Å². The van der Waals surface area contributed by atoms with Crippen molar-refractivity contribution < 1.29 is 0 Å². The van der Waals surface area contributed by atoms with Gasteiger partial charge in [-0.25, -0.2) is 9.97 Å². The first kappa shape index (κ1) is 26.2. The van der Waals surface area contributed by atoms with Gasteiger partial charge < -0.3 is 4.40 Å². The van der Waals surface area contributed by atoms with Gasteiger partial charge in [0.2, 0.25) is 0 Å². The van der Waals surface area contributed by atoms with Crippen LogP contribution in [0.1, 0.15) is 0 Å². The average molecular weight is 635 g/mol. The molecule has 0 fully saturated rings. The van der Waals surface area contributed by atoms with Gasteiger partial charge >= 0.3 is 0 Å². The van der Waals surface area contributed by atoms with Crippen molar-refractivity contribution in [3.8, 4) is 17.2 Å². The molecule has 230 valence electrons. The van der Waals surface area contributed by atoms with Gasteiger partial charge in [-0.3, -0.25) is 4.57 Å². The van der Waals surface area contributed by atoms with Crippen LogP contribution in [0.3, 0.4) is 0 Å². The molecule has 0 aliphatic heterocycles. The fourth-order valence-electron chi connectivity index (χ4n) is 8.70. The highest BCUT2D eigenvalue weighted by Crippen LogP contribution is 2.48. The van der Waals surface area contributed by atoms with E-state index in [0.29, 0.717) is 5.82 Å². The Morgan fingerprint density at radius 1 is 0.380 bits per heavy atom. The molecule has 0 amide bonds. The van der Waals surface area contributed by atoms with Crippen molar-refractivity contribution in [1.29, 1.82) is 0 Å². The second kappa shape index (κ2) is 9.43. The van der Waals surface area contributed by atoms with Crippen LogP contribution in [0, 0.1) is 0 Å². The molecule has 0 atom stereocenters. The zero-order chi connectivity index (χ0) is 32.5. The number of aromatic nitrogens is 4. The van der Waals surface area contributed by atoms with E-state index in [1.807, 2.05) is 0 Å². The maximum atomic E-state index is 5.46. The van der Waals surface area contributed by atoms with E-state index in [4.69, 9.17) is 9.97 Å². The van der Waals surface area contributed by atoms with Crippen molar-refractivity contribution >= 4 is 92.3 Å². The maximum absolute atomic E-state index is 5.46. The number of rotatable bonds is 2. The van der Waals surface area contributed by atoms with E-state index < -0.39 is 0 Å². The summed E-state index contributed by atoms with van der Waals surface area (Å²) in [5, 5.41) is 13.5. The summed E-state index contributed by atoms with van der Waals surface area (Å²) in [5.41, 5.74) is 7.94. The van der Waals surface area contributed by atoms with Gasteiger partial charge in [-0.05, 0) is 64.0 Å². The lowest BCUT2D eigenvalue weighted by atomic mass is 9.99. The molecule has 4 aromatic heterocycles. The summed E-state index contributed by atoms with van der Waals surface area (Å²) in [6, 6.07) is 56.8. The van der Waals surface area contributed by atoms with E-state index in [1.165, 1.54) is 70.4 Å². The Bertz CT molecular complexity index is 3380. The molecular formula is C46H26N4. The normalized spacial score (nSPS) is 12.4. The van der Waals surface area contributed by atoms with Crippen LogP contribution in [0.15, 0.2) is 158 Å². The van der Waals surface area contributed by atoms with E-state index in [9.17, 15) is 0 Å². The van der Waals surface area contributed by atoms with Crippen LogP contribution < -0.4 is 0 Å². The Hall–Kier alpha value is -6.78. The largest absolute Gasteiger partial charge is 0.308 e. The maximum Gasteiger partial charge on any atom is 0.162 e. The number of nitrogens with zero attached hydrogens (tertiary/aromatic N) is 4. The summed E-state index contributed by atoms with van der Waals surface area (Å²) >= 11 is 0. The lowest BCUT2D eigenvalue weighted by molar-refractivity contribution is 1.08. The summed E-state index contributed by atoms with van der Waals surface area (Å²) in [4.78, 5) is 10.6. The molecule has 4 nitrogen and oxygen atoms in total. The molecule has 0 unspecified atom stereocenters. The van der Waals surface area contributed by atoms with E-state index in [1.54, 1.807) is 0 Å². The Labute approximate surface area is 285 Å². The standard InChI is InChI=1S/C46H26N4/c1-2-13-29-25-30(22-21-27(29)11-1)45-47-36-18-8-5-15-32(36)46(48-45)50-38-20-10-6-16-33(38)42-40(50)26-35-41-31-14-4-3-12-28(31)23-24-39(41)49-37-19-9-7-17-34(37)43(42)44(35)49/h1-26H.